The number of nitrogen functional groups attached to an aromatic ring is 1. The first-order valence-corrected chi connectivity index (χ1v) is 4.91. The van der Waals surface area contributed by atoms with Crippen molar-refractivity contribution in [1.29, 1.82) is 0 Å². The van der Waals surface area contributed by atoms with Crippen LogP contribution in [0.2, 0.25) is 0 Å². The number of hydrogen-bond acceptors (Lipinski definition) is 4. The summed E-state index contributed by atoms with van der Waals surface area (Å²) < 4.78 is 0. The third-order valence-electron chi connectivity index (χ3n) is 1.79. The molecule has 0 spiro atoms. The Morgan fingerprint density at radius 2 is 2.06 bits per heavy atom. The van der Waals surface area contributed by atoms with Crippen LogP contribution >= 0.6 is 12.4 Å². The van der Waals surface area contributed by atoms with E-state index in [0.717, 1.165) is 0 Å². The van der Waals surface area contributed by atoms with Crippen LogP contribution in [0.3, 0.4) is 0 Å². The first-order chi connectivity index (χ1) is 7.63. The number of carbonyl (C=O) groups is 2. The van der Waals surface area contributed by atoms with E-state index >= 15 is 0 Å². The van der Waals surface area contributed by atoms with E-state index in [1.807, 2.05) is 0 Å². The minimum absolute atomic E-state index is 0. The molecular formula is C10H15ClN4O2. The van der Waals surface area contributed by atoms with Crippen LogP contribution in [0.5, 0.6) is 0 Å². The lowest BCUT2D eigenvalue weighted by molar-refractivity contribution is -0.120. The van der Waals surface area contributed by atoms with Gasteiger partial charge in [0.15, 0.2) is 0 Å². The quantitative estimate of drug-likeness (QED) is 0.705. The van der Waals surface area contributed by atoms with E-state index in [1.54, 1.807) is 19.1 Å². The lowest BCUT2D eigenvalue weighted by atomic mass is 10.3. The van der Waals surface area contributed by atoms with Gasteiger partial charge in [-0.2, -0.15) is 0 Å². The summed E-state index contributed by atoms with van der Waals surface area (Å²) in [5.74, 6) is -0.385. The zero-order chi connectivity index (χ0) is 12.0. The van der Waals surface area contributed by atoms with Crippen molar-refractivity contribution in [2.24, 2.45) is 0 Å². The number of nitrogens with two attached hydrogens (primary N) is 1. The van der Waals surface area contributed by atoms with E-state index in [1.165, 1.54) is 6.07 Å². The molecule has 17 heavy (non-hydrogen) atoms. The number of amides is 2. The topological polar surface area (TPSA) is 97.1 Å². The van der Waals surface area contributed by atoms with E-state index in [9.17, 15) is 9.59 Å². The fourth-order valence-electron chi connectivity index (χ4n) is 1.09. The Morgan fingerprint density at radius 3 is 2.65 bits per heavy atom. The van der Waals surface area contributed by atoms with Crippen LogP contribution in [0.4, 0.5) is 5.82 Å². The van der Waals surface area contributed by atoms with Crippen LogP contribution in [0.25, 0.3) is 0 Å². The number of likely N-dealkylation sites (N-methyl/N-ethyl adjacent to an activating group) is 1. The first kappa shape index (κ1) is 15.2. The van der Waals surface area contributed by atoms with Crippen LogP contribution in [0.1, 0.15) is 17.4 Å². The summed E-state index contributed by atoms with van der Waals surface area (Å²) in [7, 11) is 0. The Kier molecular flexibility index (Phi) is 6.65. The van der Waals surface area contributed by atoms with Gasteiger partial charge in [-0.25, -0.2) is 4.98 Å². The average molecular weight is 259 g/mol. The molecule has 0 saturated heterocycles. The van der Waals surface area contributed by atoms with Crippen LogP contribution in [-0.4, -0.2) is 29.9 Å². The third kappa shape index (κ3) is 5.17. The van der Waals surface area contributed by atoms with Crippen LogP contribution < -0.4 is 16.4 Å². The Bertz CT molecular complexity index is 398. The van der Waals surface area contributed by atoms with Gasteiger partial charge in [0.1, 0.15) is 11.5 Å². The summed E-state index contributed by atoms with van der Waals surface area (Å²) >= 11 is 0. The number of anilines is 1. The standard InChI is InChI=1S/C10H14N4O2.ClH/c1-2-12-9(15)6-13-10(16)7-4-3-5-8(11)14-7;/h3-5H,2,6H2,1H3,(H2,11,14)(H,12,15)(H,13,16);1H. The summed E-state index contributed by atoms with van der Waals surface area (Å²) in [5.41, 5.74) is 5.63. The maximum absolute atomic E-state index is 11.5. The summed E-state index contributed by atoms with van der Waals surface area (Å²) in [6, 6.07) is 4.74. The molecule has 7 heteroatoms. The number of aromatic nitrogens is 1. The molecule has 0 aromatic carbocycles. The molecule has 1 heterocycles. The molecular weight excluding hydrogens is 244 g/mol. The molecule has 4 N–H and O–H groups in total. The second kappa shape index (κ2) is 7.45. The highest BCUT2D eigenvalue weighted by Crippen LogP contribution is 1.99. The Labute approximate surface area is 105 Å². The number of hydrogen-bond donors (Lipinski definition) is 3. The van der Waals surface area contributed by atoms with E-state index in [4.69, 9.17) is 5.73 Å². The molecule has 0 unspecified atom stereocenters. The van der Waals surface area contributed by atoms with Gasteiger partial charge in [0.25, 0.3) is 5.91 Å². The fraction of sp³-hybridized carbons (Fsp3) is 0.300. The van der Waals surface area contributed by atoms with Crippen molar-refractivity contribution >= 4 is 30.0 Å². The van der Waals surface area contributed by atoms with Crippen molar-refractivity contribution in [2.75, 3.05) is 18.8 Å². The lowest BCUT2D eigenvalue weighted by Gasteiger charge is -2.04. The van der Waals surface area contributed by atoms with E-state index < -0.39 is 5.91 Å². The zero-order valence-corrected chi connectivity index (χ0v) is 10.2. The number of pyridine rings is 1. The summed E-state index contributed by atoms with van der Waals surface area (Å²) in [5, 5.41) is 5.01. The van der Waals surface area contributed by atoms with Crippen molar-refractivity contribution in [1.82, 2.24) is 15.6 Å². The third-order valence-corrected chi connectivity index (χ3v) is 1.79. The average Bonchev–Trinajstić information content (AvgIpc) is 2.26. The summed E-state index contributed by atoms with van der Waals surface area (Å²) in [6.07, 6.45) is 0. The molecule has 1 aromatic rings. The van der Waals surface area contributed by atoms with Crippen molar-refractivity contribution in [3.63, 3.8) is 0 Å². The Morgan fingerprint density at radius 1 is 1.35 bits per heavy atom. The maximum Gasteiger partial charge on any atom is 0.270 e. The number of halogens is 1. The zero-order valence-electron chi connectivity index (χ0n) is 9.40. The number of nitrogens with one attached hydrogen (secondary N) is 2. The molecule has 1 rings (SSSR count). The minimum Gasteiger partial charge on any atom is -0.384 e. The molecule has 0 fully saturated rings. The molecule has 0 atom stereocenters. The van der Waals surface area contributed by atoms with Gasteiger partial charge in [-0.05, 0) is 19.1 Å². The molecule has 0 bridgehead atoms. The molecule has 6 nitrogen and oxygen atoms in total. The monoisotopic (exact) mass is 258 g/mol. The van der Waals surface area contributed by atoms with Gasteiger partial charge in [0.05, 0.1) is 6.54 Å². The largest absolute Gasteiger partial charge is 0.384 e. The van der Waals surface area contributed by atoms with Gasteiger partial charge in [-0.3, -0.25) is 9.59 Å². The summed E-state index contributed by atoms with van der Waals surface area (Å²) in [4.78, 5) is 26.4. The molecule has 0 radical (unpaired) electrons. The molecule has 0 saturated carbocycles. The van der Waals surface area contributed by atoms with Gasteiger partial charge in [-0.15, -0.1) is 12.4 Å². The van der Waals surface area contributed by atoms with Crippen LogP contribution in [-0.2, 0) is 4.79 Å². The highest BCUT2D eigenvalue weighted by Gasteiger charge is 2.08. The predicted molar refractivity (Wildman–Crippen MR) is 66.9 cm³/mol. The molecule has 1 aromatic heterocycles. The van der Waals surface area contributed by atoms with Crippen molar-refractivity contribution in [3.05, 3.63) is 23.9 Å². The van der Waals surface area contributed by atoms with Crippen molar-refractivity contribution in [2.45, 2.75) is 6.92 Å². The Balaban J connectivity index is 0.00000256. The summed E-state index contributed by atoms with van der Waals surface area (Å²) in [6.45, 7) is 2.27. The van der Waals surface area contributed by atoms with Crippen LogP contribution in [0.15, 0.2) is 18.2 Å². The van der Waals surface area contributed by atoms with Gasteiger partial charge >= 0.3 is 0 Å². The van der Waals surface area contributed by atoms with Crippen LogP contribution in [0, 0.1) is 0 Å². The SMILES string of the molecule is CCNC(=O)CNC(=O)c1cccc(N)n1.Cl. The molecule has 2 amide bonds. The van der Waals surface area contributed by atoms with E-state index in [-0.39, 0.29) is 36.4 Å². The van der Waals surface area contributed by atoms with Gasteiger partial charge in [0, 0.05) is 6.54 Å². The number of rotatable bonds is 4. The van der Waals surface area contributed by atoms with Gasteiger partial charge < -0.3 is 16.4 Å². The first-order valence-electron chi connectivity index (χ1n) is 4.91. The second-order valence-corrected chi connectivity index (χ2v) is 3.08. The molecule has 0 aliphatic carbocycles. The number of carbonyl (C=O) groups excluding carboxylic acids is 2. The fourth-order valence-corrected chi connectivity index (χ4v) is 1.09. The molecule has 0 aliphatic heterocycles. The van der Waals surface area contributed by atoms with Gasteiger partial charge in [0.2, 0.25) is 5.91 Å². The van der Waals surface area contributed by atoms with Crippen molar-refractivity contribution < 1.29 is 9.59 Å². The van der Waals surface area contributed by atoms with E-state index in [0.29, 0.717) is 6.54 Å². The highest BCUT2D eigenvalue weighted by atomic mass is 35.5. The maximum atomic E-state index is 11.5. The molecule has 0 aliphatic rings. The smallest absolute Gasteiger partial charge is 0.270 e. The number of nitrogens with zero attached hydrogens (tertiary/aromatic N) is 1. The Hall–Kier alpha value is -1.82. The van der Waals surface area contributed by atoms with Gasteiger partial charge in [-0.1, -0.05) is 6.07 Å². The minimum atomic E-state index is -0.418. The second-order valence-electron chi connectivity index (χ2n) is 3.08. The lowest BCUT2D eigenvalue weighted by Crippen LogP contribution is -2.37. The van der Waals surface area contributed by atoms with Crippen molar-refractivity contribution in [3.8, 4) is 0 Å². The highest BCUT2D eigenvalue weighted by molar-refractivity contribution is 5.95. The normalized spacial score (nSPS) is 9.00. The molecule has 94 valence electrons. The predicted octanol–water partition coefficient (Wildman–Crippen LogP) is -0.0485. The van der Waals surface area contributed by atoms with E-state index in [2.05, 4.69) is 15.6 Å².